The van der Waals surface area contributed by atoms with Crippen LogP contribution in [0, 0.1) is 17.8 Å². The number of fused-ring (bicyclic) bond motifs is 5. The molecule has 0 aromatic heterocycles. The number of halogens is 2. The van der Waals surface area contributed by atoms with E-state index in [2.05, 4.69) is 52.1 Å². The van der Waals surface area contributed by atoms with Crippen molar-refractivity contribution in [2.45, 2.75) is 24.7 Å². The molecule has 1 nitrogen and oxygen atoms in total. The molecular formula is C16H21BrClN. The molecule has 1 aromatic carbocycles. The van der Waals surface area contributed by atoms with E-state index in [1.807, 2.05) is 0 Å². The molecule has 2 bridgehead atoms. The van der Waals surface area contributed by atoms with E-state index in [9.17, 15) is 0 Å². The van der Waals surface area contributed by atoms with Gasteiger partial charge in [-0.1, -0.05) is 28.1 Å². The average Bonchev–Trinajstić information content (AvgIpc) is 2.98. The lowest BCUT2D eigenvalue weighted by atomic mass is 9.64. The van der Waals surface area contributed by atoms with Gasteiger partial charge in [0.1, 0.15) is 0 Å². The van der Waals surface area contributed by atoms with Crippen molar-refractivity contribution in [1.29, 1.82) is 0 Å². The second kappa shape index (κ2) is 4.75. The first-order valence-corrected chi connectivity index (χ1v) is 7.94. The first-order valence-electron chi connectivity index (χ1n) is 7.15. The zero-order valence-electron chi connectivity index (χ0n) is 11.3. The third-order valence-corrected chi connectivity index (χ3v) is 6.33. The molecule has 3 heteroatoms. The van der Waals surface area contributed by atoms with E-state index in [0.717, 1.165) is 17.8 Å². The molecule has 2 aliphatic carbocycles. The summed E-state index contributed by atoms with van der Waals surface area (Å²) in [5.41, 5.74) is 2.07. The highest BCUT2D eigenvalue weighted by molar-refractivity contribution is 9.10. The third-order valence-electron chi connectivity index (χ3n) is 5.83. The summed E-state index contributed by atoms with van der Waals surface area (Å²) in [6, 6.07) is 9.13. The fourth-order valence-corrected chi connectivity index (χ4v) is 5.70. The molecule has 19 heavy (non-hydrogen) atoms. The molecule has 2 saturated carbocycles. The van der Waals surface area contributed by atoms with Crippen LogP contribution in [0.25, 0.3) is 0 Å². The molecule has 0 N–H and O–H groups in total. The molecule has 1 saturated heterocycles. The number of nitrogens with zero attached hydrogens (tertiary/aromatic N) is 1. The number of likely N-dealkylation sites (N-methyl/N-ethyl adjacent to an activating group) is 1. The first kappa shape index (κ1) is 13.9. The predicted molar refractivity (Wildman–Crippen MR) is 84.9 cm³/mol. The minimum absolute atomic E-state index is 0. The van der Waals surface area contributed by atoms with Crippen LogP contribution in [0.5, 0.6) is 0 Å². The Morgan fingerprint density at radius 3 is 2.95 bits per heavy atom. The molecule has 4 rings (SSSR count). The van der Waals surface area contributed by atoms with Crippen LogP contribution in [0.1, 0.15) is 24.8 Å². The molecule has 0 spiro atoms. The summed E-state index contributed by atoms with van der Waals surface area (Å²) in [5, 5.41) is 0. The molecule has 3 aliphatic rings. The zero-order chi connectivity index (χ0) is 12.3. The Morgan fingerprint density at radius 1 is 1.32 bits per heavy atom. The molecule has 1 heterocycles. The lowest BCUT2D eigenvalue weighted by molar-refractivity contribution is 0.223. The van der Waals surface area contributed by atoms with Crippen LogP contribution in [0.4, 0.5) is 0 Å². The average molecular weight is 343 g/mol. The van der Waals surface area contributed by atoms with Gasteiger partial charge in [-0.15, -0.1) is 12.4 Å². The van der Waals surface area contributed by atoms with Gasteiger partial charge >= 0.3 is 0 Å². The van der Waals surface area contributed by atoms with Crippen molar-refractivity contribution < 1.29 is 0 Å². The van der Waals surface area contributed by atoms with Crippen molar-refractivity contribution in [3.8, 4) is 0 Å². The van der Waals surface area contributed by atoms with Crippen LogP contribution in [0.2, 0.25) is 0 Å². The monoisotopic (exact) mass is 341 g/mol. The largest absolute Gasteiger partial charge is 0.305 e. The standard InChI is InChI=1S/C16H20BrN.ClH/c1-18-9-15-11-5-6-13(7-11)16(15,10-18)12-3-2-4-14(17)8-12;/h2-4,8,11,13,15H,5-7,9-10H2,1H3;1H. The molecule has 0 radical (unpaired) electrons. The minimum Gasteiger partial charge on any atom is -0.305 e. The number of hydrogen-bond donors (Lipinski definition) is 0. The molecule has 1 aromatic rings. The highest BCUT2D eigenvalue weighted by atomic mass is 79.9. The first-order chi connectivity index (χ1) is 8.70. The lowest BCUT2D eigenvalue weighted by Crippen LogP contribution is -2.40. The summed E-state index contributed by atoms with van der Waals surface area (Å²) >= 11 is 3.66. The van der Waals surface area contributed by atoms with E-state index in [0.29, 0.717) is 5.41 Å². The molecule has 3 fully saturated rings. The Morgan fingerprint density at radius 2 is 2.16 bits per heavy atom. The van der Waals surface area contributed by atoms with Gasteiger partial charge in [0.15, 0.2) is 0 Å². The van der Waals surface area contributed by atoms with E-state index in [-0.39, 0.29) is 12.4 Å². The van der Waals surface area contributed by atoms with Gasteiger partial charge in [0, 0.05) is 23.0 Å². The van der Waals surface area contributed by atoms with Gasteiger partial charge in [0.2, 0.25) is 0 Å². The second-order valence-corrected chi connectivity index (χ2v) is 7.54. The van der Waals surface area contributed by atoms with E-state index >= 15 is 0 Å². The summed E-state index contributed by atoms with van der Waals surface area (Å²) in [7, 11) is 2.30. The summed E-state index contributed by atoms with van der Waals surface area (Å²) < 4.78 is 1.24. The van der Waals surface area contributed by atoms with Crippen molar-refractivity contribution in [2.75, 3.05) is 20.1 Å². The molecule has 104 valence electrons. The van der Waals surface area contributed by atoms with E-state index < -0.39 is 0 Å². The molecule has 1 aliphatic heterocycles. The van der Waals surface area contributed by atoms with Crippen LogP contribution in [0.3, 0.4) is 0 Å². The third kappa shape index (κ3) is 1.83. The molecule has 4 atom stereocenters. The van der Waals surface area contributed by atoms with Gasteiger partial charge < -0.3 is 4.90 Å². The molecule has 0 amide bonds. The Labute approximate surface area is 130 Å². The maximum absolute atomic E-state index is 3.66. The van der Waals surface area contributed by atoms with Crippen LogP contribution >= 0.6 is 28.3 Å². The summed E-state index contributed by atoms with van der Waals surface area (Å²) in [4.78, 5) is 2.57. The summed E-state index contributed by atoms with van der Waals surface area (Å²) in [6.07, 6.45) is 4.44. The zero-order valence-corrected chi connectivity index (χ0v) is 13.7. The van der Waals surface area contributed by atoms with Gasteiger partial charge in [-0.2, -0.15) is 0 Å². The quantitative estimate of drug-likeness (QED) is 0.742. The van der Waals surface area contributed by atoms with Crippen LogP contribution < -0.4 is 0 Å². The van der Waals surface area contributed by atoms with Gasteiger partial charge in [-0.3, -0.25) is 0 Å². The minimum atomic E-state index is 0. The van der Waals surface area contributed by atoms with E-state index in [1.54, 1.807) is 5.56 Å². The van der Waals surface area contributed by atoms with E-state index in [4.69, 9.17) is 0 Å². The van der Waals surface area contributed by atoms with Crippen molar-refractivity contribution in [3.63, 3.8) is 0 Å². The fourth-order valence-electron chi connectivity index (χ4n) is 5.30. The number of likely N-dealkylation sites (tertiary alicyclic amines) is 1. The number of hydrogen-bond acceptors (Lipinski definition) is 1. The Bertz CT molecular complexity index is 491. The van der Waals surface area contributed by atoms with Crippen molar-refractivity contribution in [2.24, 2.45) is 17.8 Å². The van der Waals surface area contributed by atoms with Gasteiger partial charge in [-0.25, -0.2) is 0 Å². The van der Waals surface area contributed by atoms with Crippen LogP contribution in [-0.2, 0) is 5.41 Å². The maximum Gasteiger partial charge on any atom is 0.0178 e. The van der Waals surface area contributed by atoms with Crippen LogP contribution in [-0.4, -0.2) is 25.0 Å². The smallest absolute Gasteiger partial charge is 0.0178 e. The maximum atomic E-state index is 3.66. The summed E-state index contributed by atoms with van der Waals surface area (Å²) in [5.74, 6) is 2.85. The Balaban J connectivity index is 0.00000110. The number of benzene rings is 1. The molecular weight excluding hydrogens is 322 g/mol. The van der Waals surface area contributed by atoms with Crippen LogP contribution in [0.15, 0.2) is 28.7 Å². The van der Waals surface area contributed by atoms with Crippen molar-refractivity contribution in [3.05, 3.63) is 34.3 Å². The SMILES string of the molecule is CN1CC2C3CCC(C3)C2(c2cccc(Br)c2)C1.Cl. The summed E-state index contributed by atoms with van der Waals surface area (Å²) in [6.45, 7) is 2.59. The number of rotatable bonds is 1. The van der Waals surface area contributed by atoms with E-state index in [1.165, 1.54) is 36.8 Å². The Kier molecular flexibility index (Phi) is 3.48. The highest BCUT2D eigenvalue weighted by Crippen LogP contribution is 2.63. The molecule has 4 unspecified atom stereocenters. The van der Waals surface area contributed by atoms with Crippen molar-refractivity contribution >= 4 is 28.3 Å². The van der Waals surface area contributed by atoms with Gasteiger partial charge in [-0.05, 0) is 61.8 Å². The topological polar surface area (TPSA) is 3.24 Å². The fraction of sp³-hybridized carbons (Fsp3) is 0.625. The lowest BCUT2D eigenvalue weighted by Gasteiger charge is -2.39. The van der Waals surface area contributed by atoms with Crippen molar-refractivity contribution in [1.82, 2.24) is 4.90 Å². The predicted octanol–water partition coefficient (Wildman–Crippen LogP) is 4.10. The Hall–Kier alpha value is -0.0500. The normalized spacial score (nSPS) is 40.2. The van der Waals surface area contributed by atoms with Gasteiger partial charge in [0.25, 0.3) is 0 Å². The highest BCUT2D eigenvalue weighted by Gasteiger charge is 2.61. The van der Waals surface area contributed by atoms with Gasteiger partial charge in [0.05, 0.1) is 0 Å². The second-order valence-electron chi connectivity index (χ2n) is 6.62.